The van der Waals surface area contributed by atoms with Gasteiger partial charge >= 0.3 is 0 Å². The fourth-order valence-electron chi connectivity index (χ4n) is 2.42. The van der Waals surface area contributed by atoms with Crippen LogP contribution in [0.25, 0.3) is 0 Å². The van der Waals surface area contributed by atoms with Crippen LogP contribution in [0.3, 0.4) is 0 Å². The van der Waals surface area contributed by atoms with E-state index in [-0.39, 0.29) is 17.4 Å². The third kappa shape index (κ3) is 3.31. The maximum atomic E-state index is 9.81. The van der Waals surface area contributed by atoms with Gasteiger partial charge in [0.05, 0.1) is 6.61 Å². The van der Waals surface area contributed by atoms with Crippen molar-refractivity contribution < 1.29 is 5.11 Å². The largest absolute Gasteiger partial charge is 0.395 e. The van der Waals surface area contributed by atoms with Gasteiger partial charge in [-0.05, 0) is 34.4 Å². The first-order valence-corrected chi connectivity index (χ1v) is 7.97. The van der Waals surface area contributed by atoms with Crippen molar-refractivity contribution in [3.05, 3.63) is 57.8 Å². The molecule has 1 nitrogen and oxygen atoms in total. The molecule has 0 saturated carbocycles. The van der Waals surface area contributed by atoms with Gasteiger partial charge in [0.1, 0.15) is 0 Å². The average Bonchev–Trinajstić information content (AvgIpc) is 2.92. The lowest BCUT2D eigenvalue weighted by Gasteiger charge is -2.27. The van der Waals surface area contributed by atoms with Crippen molar-refractivity contribution in [3.8, 4) is 0 Å². The summed E-state index contributed by atoms with van der Waals surface area (Å²) in [4.78, 5) is 1.25. The second-order valence-corrected chi connectivity index (χ2v) is 7.77. The van der Waals surface area contributed by atoms with Crippen LogP contribution in [0.1, 0.15) is 43.7 Å². The van der Waals surface area contributed by atoms with E-state index in [0.29, 0.717) is 0 Å². The maximum absolute atomic E-state index is 9.81. The molecular weight excluding hydrogens is 264 g/mol. The third-order valence-corrected chi connectivity index (χ3v) is 5.06. The van der Waals surface area contributed by atoms with Gasteiger partial charge in [-0.1, -0.05) is 58.0 Å². The predicted octanol–water partition coefficient (Wildman–Crippen LogP) is 4.54. The zero-order chi connectivity index (χ0) is 14.8. The molecule has 0 aliphatic heterocycles. The van der Waals surface area contributed by atoms with E-state index in [0.717, 1.165) is 6.42 Å². The van der Waals surface area contributed by atoms with Crippen LogP contribution in [0.4, 0.5) is 0 Å². The number of thiophene rings is 1. The highest BCUT2D eigenvalue weighted by Crippen LogP contribution is 2.32. The van der Waals surface area contributed by atoms with Gasteiger partial charge in [0.15, 0.2) is 0 Å². The molecule has 0 saturated heterocycles. The second kappa shape index (κ2) is 5.71. The molecule has 1 atom stereocenters. The summed E-state index contributed by atoms with van der Waals surface area (Å²) in [5, 5.41) is 11.9. The molecule has 20 heavy (non-hydrogen) atoms. The molecule has 1 unspecified atom stereocenters. The zero-order valence-electron chi connectivity index (χ0n) is 12.8. The number of rotatable bonds is 4. The highest BCUT2D eigenvalue weighted by Gasteiger charge is 2.27. The highest BCUT2D eigenvalue weighted by molar-refractivity contribution is 7.10. The Kier molecular flexibility index (Phi) is 4.36. The number of benzene rings is 1. The van der Waals surface area contributed by atoms with Gasteiger partial charge in [-0.25, -0.2) is 0 Å². The first kappa shape index (κ1) is 15.3. The molecule has 2 aromatic rings. The monoisotopic (exact) mass is 288 g/mol. The van der Waals surface area contributed by atoms with Crippen LogP contribution >= 0.6 is 11.3 Å². The van der Waals surface area contributed by atoms with E-state index in [9.17, 15) is 5.11 Å². The first-order valence-electron chi connectivity index (χ1n) is 7.09. The van der Waals surface area contributed by atoms with Crippen LogP contribution in [0.5, 0.6) is 0 Å². The Morgan fingerprint density at radius 2 is 1.65 bits per heavy atom. The van der Waals surface area contributed by atoms with Gasteiger partial charge < -0.3 is 5.11 Å². The van der Waals surface area contributed by atoms with Crippen molar-refractivity contribution in [2.45, 2.75) is 44.9 Å². The molecule has 0 amide bonds. The quantitative estimate of drug-likeness (QED) is 0.876. The molecule has 0 radical (unpaired) electrons. The second-order valence-electron chi connectivity index (χ2n) is 6.82. The Morgan fingerprint density at radius 3 is 2.10 bits per heavy atom. The first-order chi connectivity index (χ1) is 9.35. The smallest absolute Gasteiger partial charge is 0.0536 e. The van der Waals surface area contributed by atoms with Crippen molar-refractivity contribution in [2.24, 2.45) is 0 Å². The van der Waals surface area contributed by atoms with Crippen molar-refractivity contribution in [2.75, 3.05) is 6.61 Å². The van der Waals surface area contributed by atoms with E-state index in [4.69, 9.17) is 0 Å². The minimum Gasteiger partial charge on any atom is -0.395 e. The van der Waals surface area contributed by atoms with Gasteiger partial charge in [-0.3, -0.25) is 0 Å². The summed E-state index contributed by atoms with van der Waals surface area (Å²) in [6, 6.07) is 13.0. The lowest BCUT2D eigenvalue weighted by atomic mass is 9.81. The number of hydrogen-bond acceptors (Lipinski definition) is 2. The summed E-state index contributed by atoms with van der Waals surface area (Å²) in [5.74, 6) is 0. The van der Waals surface area contributed by atoms with E-state index in [2.05, 4.69) is 69.5 Å². The Bertz CT molecular complexity index is 534. The minimum atomic E-state index is -0.183. The molecule has 0 aliphatic carbocycles. The lowest BCUT2D eigenvalue weighted by molar-refractivity contribution is 0.207. The number of aliphatic hydroxyl groups is 1. The van der Waals surface area contributed by atoms with Gasteiger partial charge in [0, 0.05) is 10.3 Å². The van der Waals surface area contributed by atoms with E-state index >= 15 is 0 Å². The Morgan fingerprint density at radius 1 is 1.00 bits per heavy atom. The molecule has 0 aliphatic rings. The molecule has 0 bridgehead atoms. The fourth-order valence-corrected chi connectivity index (χ4v) is 3.30. The molecule has 1 N–H and O–H groups in total. The van der Waals surface area contributed by atoms with Gasteiger partial charge in [0.25, 0.3) is 0 Å². The molecule has 1 aromatic heterocycles. The summed E-state index contributed by atoms with van der Waals surface area (Å²) in [6.45, 7) is 8.99. The highest BCUT2D eigenvalue weighted by atomic mass is 32.1. The SMILES string of the molecule is CC(C)(C)c1ccc(CC(C)(CO)c2cccs2)cc1. The summed E-state index contributed by atoms with van der Waals surface area (Å²) in [6.07, 6.45) is 0.869. The molecular formula is C18H24OS. The van der Waals surface area contributed by atoms with Crippen molar-refractivity contribution in [1.29, 1.82) is 0 Å². The zero-order valence-corrected chi connectivity index (χ0v) is 13.6. The topological polar surface area (TPSA) is 20.2 Å². The molecule has 1 heterocycles. The molecule has 1 aromatic carbocycles. The van der Waals surface area contributed by atoms with E-state index in [1.807, 2.05) is 0 Å². The van der Waals surface area contributed by atoms with Gasteiger partial charge in [-0.2, -0.15) is 0 Å². The summed E-state index contributed by atoms with van der Waals surface area (Å²) in [5.41, 5.74) is 2.63. The minimum absolute atomic E-state index is 0.175. The van der Waals surface area contributed by atoms with Crippen LogP contribution in [0.15, 0.2) is 41.8 Å². The molecule has 0 spiro atoms. The molecule has 2 heteroatoms. The molecule has 108 valence electrons. The van der Waals surface area contributed by atoms with Gasteiger partial charge in [-0.15, -0.1) is 11.3 Å². The average molecular weight is 288 g/mol. The molecule has 2 rings (SSSR count). The predicted molar refractivity (Wildman–Crippen MR) is 87.6 cm³/mol. The van der Waals surface area contributed by atoms with E-state index in [1.54, 1.807) is 11.3 Å². The van der Waals surface area contributed by atoms with Crippen molar-refractivity contribution in [3.63, 3.8) is 0 Å². The van der Waals surface area contributed by atoms with Crippen LogP contribution in [0, 0.1) is 0 Å². The van der Waals surface area contributed by atoms with E-state index in [1.165, 1.54) is 16.0 Å². The van der Waals surface area contributed by atoms with Crippen LogP contribution < -0.4 is 0 Å². The maximum Gasteiger partial charge on any atom is 0.0536 e. The summed E-state index contributed by atoms with van der Waals surface area (Å²) in [7, 11) is 0. The van der Waals surface area contributed by atoms with Crippen LogP contribution in [-0.4, -0.2) is 11.7 Å². The van der Waals surface area contributed by atoms with Crippen molar-refractivity contribution in [1.82, 2.24) is 0 Å². The Hall–Kier alpha value is -1.12. The van der Waals surface area contributed by atoms with Crippen LogP contribution in [-0.2, 0) is 17.3 Å². The Balaban J connectivity index is 2.21. The Labute approximate surface area is 126 Å². The third-order valence-electron chi connectivity index (χ3n) is 3.88. The fraction of sp³-hybridized carbons (Fsp3) is 0.444. The standard InChI is InChI=1S/C18H24OS/c1-17(2,3)15-9-7-14(8-10-15)12-18(4,13-19)16-6-5-11-20-16/h5-11,19H,12-13H2,1-4H3. The summed E-state index contributed by atoms with van der Waals surface area (Å²) < 4.78 is 0. The van der Waals surface area contributed by atoms with E-state index < -0.39 is 0 Å². The van der Waals surface area contributed by atoms with Gasteiger partial charge in [0.2, 0.25) is 0 Å². The van der Waals surface area contributed by atoms with Crippen molar-refractivity contribution >= 4 is 11.3 Å². The number of aliphatic hydroxyl groups excluding tert-OH is 1. The summed E-state index contributed by atoms with van der Waals surface area (Å²) >= 11 is 1.72. The normalized spacial score (nSPS) is 15.1. The van der Waals surface area contributed by atoms with Crippen LogP contribution in [0.2, 0.25) is 0 Å². The molecule has 0 fully saturated rings. The lowest BCUT2D eigenvalue weighted by Crippen LogP contribution is -2.28. The number of hydrogen-bond donors (Lipinski definition) is 1.